The van der Waals surface area contributed by atoms with Crippen molar-refractivity contribution in [3.8, 4) is 11.8 Å². The molecule has 0 heterocycles. The molecule has 0 aromatic heterocycles. The van der Waals surface area contributed by atoms with Crippen molar-refractivity contribution >= 4 is 5.97 Å². The van der Waals surface area contributed by atoms with Crippen LogP contribution in [0.2, 0.25) is 0 Å². The monoisotopic (exact) mass is 248 g/mol. The number of carbonyl (C=O) groups excluding carboxylic acids is 1. The van der Waals surface area contributed by atoms with E-state index in [4.69, 9.17) is 4.74 Å². The summed E-state index contributed by atoms with van der Waals surface area (Å²) in [6.07, 6.45) is 1.74. The average molecular weight is 248 g/mol. The molecule has 2 nitrogen and oxygen atoms in total. The lowest BCUT2D eigenvalue weighted by Gasteiger charge is -2.18. The van der Waals surface area contributed by atoms with Crippen LogP contribution in [-0.2, 0) is 4.74 Å². The number of carbonyl (C=O) groups is 1. The highest BCUT2D eigenvalue weighted by atomic mass is 19.1. The number of rotatable bonds is 3. The number of halogens is 1. The molecule has 0 bridgehead atoms. The van der Waals surface area contributed by atoms with E-state index >= 15 is 0 Å². The highest BCUT2D eigenvalue weighted by Gasteiger charge is 2.20. The van der Waals surface area contributed by atoms with Crippen LogP contribution < -0.4 is 0 Å². The van der Waals surface area contributed by atoms with Crippen molar-refractivity contribution in [2.45, 2.75) is 39.2 Å². The van der Waals surface area contributed by atoms with Gasteiger partial charge in [0.2, 0.25) is 0 Å². The van der Waals surface area contributed by atoms with E-state index in [1.807, 2.05) is 6.92 Å². The van der Waals surface area contributed by atoms with Crippen LogP contribution in [0.4, 0.5) is 4.39 Å². The zero-order chi connectivity index (χ0) is 13.6. The van der Waals surface area contributed by atoms with Crippen LogP contribution >= 0.6 is 0 Å². The number of hydrogen-bond acceptors (Lipinski definition) is 2. The van der Waals surface area contributed by atoms with Gasteiger partial charge in [0.15, 0.2) is 5.60 Å². The van der Waals surface area contributed by atoms with Gasteiger partial charge in [0.25, 0.3) is 0 Å². The minimum Gasteiger partial charge on any atom is -0.443 e. The summed E-state index contributed by atoms with van der Waals surface area (Å²) < 4.78 is 18.0. The summed E-state index contributed by atoms with van der Waals surface area (Å²) in [5.41, 5.74) is -0.512. The number of hydrogen-bond donors (Lipinski definition) is 0. The zero-order valence-corrected chi connectivity index (χ0v) is 10.9. The Bertz CT molecular complexity index is 464. The van der Waals surface area contributed by atoms with Gasteiger partial charge in [-0.15, -0.1) is 0 Å². The van der Waals surface area contributed by atoms with Crippen LogP contribution in [0.15, 0.2) is 24.3 Å². The Kier molecular flexibility index (Phi) is 4.91. The molecule has 18 heavy (non-hydrogen) atoms. The summed E-state index contributed by atoms with van der Waals surface area (Å²) in [7, 11) is 0. The SMILES string of the molecule is CCCC#CC(C)(C)OC(=O)c1ccc(F)cc1. The number of esters is 1. The molecule has 1 aromatic carbocycles. The van der Waals surface area contributed by atoms with Gasteiger partial charge in [0.05, 0.1) is 5.56 Å². The van der Waals surface area contributed by atoms with Crippen molar-refractivity contribution in [3.63, 3.8) is 0 Å². The lowest BCUT2D eigenvalue weighted by molar-refractivity contribution is 0.0204. The largest absolute Gasteiger partial charge is 0.443 e. The maximum absolute atomic E-state index is 12.7. The molecular formula is C15H17FO2. The van der Waals surface area contributed by atoms with E-state index in [-0.39, 0.29) is 5.82 Å². The quantitative estimate of drug-likeness (QED) is 0.604. The Morgan fingerprint density at radius 3 is 2.50 bits per heavy atom. The molecule has 0 fully saturated rings. The number of benzene rings is 1. The Morgan fingerprint density at radius 1 is 1.33 bits per heavy atom. The van der Waals surface area contributed by atoms with Gasteiger partial charge in [-0.2, -0.15) is 0 Å². The van der Waals surface area contributed by atoms with E-state index in [1.54, 1.807) is 13.8 Å². The first-order chi connectivity index (χ1) is 8.44. The fourth-order valence-corrected chi connectivity index (χ4v) is 1.30. The fraction of sp³-hybridized carbons (Fsp3) is 0.400. The van der Waals surface area contributed by atoms with Gasteiger partial charge in [-0.1, -0.05) is 18.8 Å². The molecular weight excluding hydrogens is 231 g/mol. The average Bonchev–Trinajstić information content (AvgIpc) is 2.29. The van der Waals surface area contributed by atoms with Crippen molar-refractivity contribution in [2.24, 2.45) is 0 Å². The minimum atomic E-state index is -0.833. The summed E-state index contributed by atoms with van der Waals surface area (Å²) in [4.78, 5) is 11.8. The normalized spacial score (nSPS) is 10.4. The molecule has 96 valence electrons. The van der Waals surface area contributed by atoms with Gasteiger partial charge < -0.3 is 4.74 Å². The summed E-state index contributed by atoms with van der Waals surface area (Å²) in [6, 6.07) is 5.25. The fourth-order valence-electron chi connectivity index (χ4n) is 1.30. The summed E-state index contributed by atoms with van der Waals surface area (Å²) >= 11 is 0. The van der Waals surface area contributed by atoms with Gasteiger partial charge in [-0.25, -0.2) is 9.18 Å². The van der Waals surface area contributed by atoms with Gasteiger partial charge in [-0.3, -0.25) is 0 Å². The summed E-state index contributed by atoms with van der Waals surface area (Å²) in [5.74, 6) is 4.98. The van der Waals surface area contributed by atoms with Crippen molar-refractivity contribution in [3.05, 3.63) is 35.6 Å². The minimum absolute atomic E-state index is 0.321. The third kappa shape index (κ3) is 4.58. The Morgan fingerprint density at radius 2 is 1.94 bits per heavy atom. The van der Waals surface area contributed by atoms with E-state index in [0.29, 0.717) is 5.56 Å². The summed E-state index contributed by atoms with van der Waals surface area (Å²) in [5, 5.41) is 0. The van der Waals surface area contributed by atoms with E-state index in [1.165, 1.54) is 24.3 Å². The lowest BCUT2D eigenvalue weighted by atomic mass is 10.1. The molecule has 0 amide bonds. The first kappa shape index (κ1) is 14.2. The van der Waals surface area contributed by atoms with Crippen LogP contribution in [0.1, 0.15) is 44.0 Å². The maximum atomic E-state index is 12.7. The molecule has 0 unspecified atom stereocenters. The first-order valence-electron chi connectivity index (χ1n) is 5.93. The topological polar surface area (TPSA) is 26.3 Å². The predicted octanol–water partition coefficient (Wildman–Crippen LogP) is 3.56. The summed E-state index contributed by atoms with van der Waals surface area (Å²) in [6.45, 7) is 5.50. The Labute approximate surface area is 107 Å². The zero-order valence-electron chi connectivity index (χ0n) is 10.9. The van der Waals surface area contributed by atoms with Crippen LogP contribution in [0, 0.1) is 17.7 Å². The lowest BCUT2D eigenvalue weighted by Crippen LogP contribution is -2.26. The second-order valence-corrected chi connectivity index (χ2v) is 4.46. The van der Waals surface area contributed by atoms with E-state index in [9.17, 15) is 9.18 Å². The van der Waals surface area contributed by atoms with Crippen LogP contribution in [-0.4, -0.2) is 11.6 Å². The molecule has 0 spiro atoms. The van der Waals surface area contributed by atoms with Crippen molar-refractivity contribution in [1.82, 2.24) is 0 Å². The standard InChI is InChI=1S/C15H17FO2/c1-4-5-6-11-15(2,3)18-14(17)12-7-9-13(16)10-8-12/h7-10H,4-5H2,1-3H3. The Hall–Kier alpha value is -1.82. The van der Waals surface area contributed by atoms with E-state index in [0.717, 1.165) is 12.8 Å². The van der Waals surface area contributed by atoms with Gasteiger partial charge >= 0.3 is 5.97 Å². The van der Waals surface area contributed by atoms with Crippen LogP contribution in [0.25, 0.3) is 0 Å². The predicted molar refractivity (Wildman–Crippen MR) is 68.6 cm³/mol. The first-order valence-corrected chi connectivity index (χ1v) is 5.93. The smallest absolute Gasteiger partial charge is 0.339 e. The molecule has 0 radical (unpaired) electrons. The molecule has 3 heteroatoms. The molecule has 0 aliphatic heterocycles. The van der Waals surface area contributed by atoms with Gasteiger partial charge in [-0.05, 0) is 44.5 Å². The van der Waals surface area contributed by atoms with Crippen molar-refractivity contribution in [1.29, 1.82) is 0 Å². The molecule has 0 aliphatic rings. The highest BCUT2D eigenvalue weighted by molar-refractivity contribution is 5.89. The van der Waals surface area contributed by atoms with E-state index in [2.05, 4.69) is 11.8 Å². The highest BCUT2D eigenvalue weighted by Crippen LogP contribution is 2.13. The molecule has 0 atom stereocenters. The number of ether oxygens (including phenoxy) is 1. The van der Waals surface area contributed by atoms with Crippen molar-refractivity contribution < 1.29 is 13.9 Å². The molecule has 1 aromatic rings. The maximum Gasteiger partial charge on any atom is 0.339 e. The second kappa shape index (κ2) is 6.20. The van der Waals surface area contributed by atoms with Gasteiger partial charge in [0.1, 0.15) is 5.82 Å². The molecule has 0 N–H and O–H groups in total. The van der Waals surface area contributed by atoms with E-state index < -0.39 is 11.6 Å². The molecule has 0 aliphatic carbocycles. The van der Waals surface area contributed by atoms with Crippen LogP contribution in [0.5, 0.6) is 0 Å². The number of unbranched alkanes of at least 4 members (excludes halogenated alkanes) is 1. The third-order valence-corrected chi connectivity index (χ3v) is 2.19. The second-order valence-electron chi connectivity index (χ2n) is 4.46. The van der Waals surface area contributed by atoms with Crippen molar-refractivity contribution in [2.75, 3.05) is 0 Å². The molecule has 0 saturated carbocycles. The molecule has 1 rings (SSSR count). The Balaban J connectivity index is 2.70. The molecule has 0 saturated heterocycles. The van der Waals surface area contributed by atoms with Gasteiger partial charge in [0, 0.05) is 6.42 Å². The third-order valence-electron chi connectivity index (χ3n) is 2.19. The van der Waals surface area contributed by atoms with Crippen LogP contribution in [0.3, 0.4) is 0 Å².